The number of methoxy groups -OCH3 is 1. The van der Waals surface area contributed by atoms with Crippen LogP contribution in [-0.2, 0) is 15.1 Å². The van der Waals surface area contributed by atoms with Gasteiger partial charge >= 0.3 is 5.97 Å². The van der Waals surface area contributed by atoms with Crippen molar-refractivity contribution in [2.24, 2.45) is 0 Å². The fourth-order valence-electron chi connectivity index (χ4n) is 1.69. The lowest BCUT2D eigenvalue weighted by Gasteiger charge is -2.22. The highest BCUT2D eigenvalue weighted by atomic mass is 16.5. The Balaban J connectivity index is 2.40. The standard InChI is InChI=1S/C13H15N3O2/c1-13(2,7-6-11(17)18-3)16-9-15-10-5-4-8-14-12(10)16/h4-9H,1-3H3. The van der Waals surface area contributed by atoms with Gasteiger partial charge < -0.3 is 9.30 Å². The summed E-state index contributed by atoms with van der Waals surface area (Å²) in [5.41, 5.74) is 1.21. The largest absolute Gasteiger partial charge is 0.466 e. The van der Waals surface area contributed by atoms with Crippen LogP contribution in [-0.4, -0.2) is 27.6 Å². The fraction of sp³-hybridized carbons (Fsp3) is 0.308. The summed E-state index contributed by atoms with van der Waals surface area (Å²) in [7, 11) is 1.36. The molecule has 0 aromatic carbocycles. The Morgan fingerprint density at radius 2 is 2.22 bits per heavy atom. The molecule has 0 fully saturated rings. The molecule has 5 heteroatoms. The predicted octanol–water partition coefficient (Wildman–Crippen LogP) is 1.90. The second kappa shape index (κ2) is 4.60. The quantitative estimate of drug-likeness (QED) is 0.612. The lowest BCUT2D eigenvalue weighted by Crippen LogP contribution is -2.23. The maximum atomic E-state index is 11.1. The van der Waals surface area contributed by atoms with Crippen LogP contribution in [0.3, 0.4) is 0 Å². The first kappa shape index (κ1) is 12.3. The van der Waals surface area contributed by atoms with Gasteiger partial charge in [0, 0.05) is 12.3 Å². The molecule has 5 nitrogen and oxygen atoms in total. The first-order valence-electron chi connectivity index (χ1n) is 5.60. The first-order chi connectivity index (χ1) is 8.54. The van der Waals surface area contributed by atoms with Crippen molar-refractivity contribution in [3.63, 3.8) is 0 Å². The summed E-state index contributed by atoms with van der Waals surface area (Å²) in [6.45, 7) is 3.95. The molecule has 0 saturated carbocycles. The highest BCUT2D eigenvalue weighted by Gasteiger charge is 2.19. The van der Waals surface area contributed by atoms with Crippen LogP contribution in [0.1, 0.15) is 13.8 Å². The van der Waals surface area contributed by atoms with Gasteiger partial charge in [-0.05, 0) is 26.0 Å². The van der Waals surface area contributed by atoms with Gasteiger partial charge in [0.25, 0.3) is 0 Å². The van der Waals surface area contributed by atoms with Crippen molar-refractivity contribution in [3.8, 4) is 0 Å². The van der Waals surface area contributed by atoms with E-state index in [-0.39, 0.29) is 5.97 Å². The zero-order chi connectivity index (χ0) is 13.2. The van der Waals surface area contributed by atoms with Crippen molar-refractivity contribution in [2.45, 2.75) is 19.4 Å². The number of fused-ring (bicyclic) bond motifs is 1. The van der Waals surface area contributed by atoms with E-state index in [0.29, 0.717) is 0 Å². The van der Waals surface area contributed by atoms with E-state index < -0.39 is 5.54 Å². The van der Waals surface area contributed by atoms with Gasteiger partial charge in [-0.2, -0.15) is 0 Å². The molecular formula is C13H15N3O2. The molecule has 0 unspecified atom stereocenters. The Hall–Kier alpha value is -2.17. The summed E-state index contributed by atoms with van der Waals surface area (Å²) in [6, 6.07) is 3.75. The average molecular weight is 245 g/mol. The highest BCUT2D eigenvalue weighted by molar-refractivity contribution is 5.82. The molecular weight excluding hydrogens is 230 g/mol. The number of ether oxygens (including phenoxy) is 1. The van der Waals surface area contributed by atoms with Crippen molar-refractivity contribution in [2.75, 3.05) is 7.11 Å². The van der Waals surface area contributed by atoms with E-state index in [1.165, 1.54) is 13.2 Å². The molecule has 0 aliphatic carbocycles. The normalized spacial score (nSPS) is 12.2. The minimum atomic E-state index is -0.405. The Kier molecular flexibility index (Phi) is 3.14. The molecule has 0 N–H and O–H groups in total. The van der Waals surface area contributed by atoms with Gasteiger partial charge in [0.1, 0.15) is 5.52 Å². The van der Waals surface area contributed by atoms with Crippen LogP contribution in [0.4, 0.5) is 0 Å². The molecule has 2 heterocycles. The molecule has 2 rings (SSSR count). The molecule has 2 aromatic rings. The van der Waals surface area contributed by atoms with E-state index in [1.807, 2.05) is 30.5 Å². The number of esters is 1. The number of allylic oxidation sites excluding steroid dienone is 1. The third kappa shape index (κ3) is 2.25. The van der Waals surface area contributed by atoms with Crippen LogP contribution in [0.15, 0.2) is 36.8 Å². The van der Waals surface area contributed by atoms with Crippen LogP contribution in [0, 0.1) is 0 Å². The molecule has 18 heavy (non-hydrogen) atoms. The van der Waals surface area contributed by atoms with Gasteiger partial charge in [-0.25, -0.2) is 14.8 Å². The number of hydrogen-bond acceptors (Lipinski definition) is 4. The number of carbonyl (C=O) groups is 1. The van der Waals surface area contributed by atoms with Crippen molar-refractivity contribution in [3.05, 3.63) is 36.8 Å². The van der Waals surface area contributed by atoms with E-state index in [0.717, 1.165) is 11.2 Å². The maximum absolute atomic E-state index is 11.1. The Bertz CT molecular complexity index is 599. The van der Waals surface area contributed by atoms with E-state index in [9.17, 15) is 4.79 Å². The van der Waals surface area contributed by atoms with Crippen molar-refractivity contribution in [1.82, 2.24) is 14.5 Å². The van der Waals surface area contributed by atoms with Crippen LogP contribution in [0.5, 0.6) is 0 Å². The molecule has 0 spiro atoms. The highest BCUT2D eigenvalue weighted by Crippen LogP contribution is 2.22. The summed E-state index contributed by atoms with van der Waals surface area (Å²) in [6.07, 6.45) is 6.63. The zero-order valence-corrected chi connectivity index (χ0v) is 10.6. The molecule has 0 amide bonds. The van der Waals surface area contributed by atoms with Gasteiger partial charge in [-0.15, -0.1) is 0 Å². The Morgan fingerprint density at radius 1 is 1.44 bits per heavy atom. The second-order valence-electron chi connectivity index (χ2n) is 4.47. The lowest BCUT2D eigenvalue weighted by molar-refractivity contribution is -0.134. The first-order valence-corrected chi connectivity index (χ1v) is 5.60. The maximum Gasteiger partial charge on any atom is 0.330 e. The average Bonchev–Trinajstić information content (AvgIpc) is 2.80. The Labute approximate surface area is 105 Å². The topological polar surface area (TPSA) is 57.0 Å². The molecule has 0 aliphatic rings. The molecule has 0 aliphatic heterocycles. The number of nitrogens with zero attached hydrogens (tertiary/aromatic N) is 3. The Morgan fingerprint density at radius 3 is 2.94 bits per heavy atom. The number of rotatable bonds is 3. The molecule has 94 valence electrons. The molecule has 0 atom stereocenters. The monoisotopic (exact) mass is 245 g/mol. The van der Waals surface area contributed by atoms with Gasteiger partial charge in [0.15, 0.2) is 5.65 Å². The van der Waals surface area contributed by atoms with E-state index >= 15 is 0 Å². The zero-order valence-electron chi connectivity index (χ0n) is 10.6. The van der Waals surface area contributed by atoms with Crippen molar-refractivity contribution in [1.29, 1.82) is 0 Å². The number of carbonyl (C=O) groups excluding carboxylic acids is 1. The van der Waals surface area contributed by atoms with Crippen molar-refractivity contribution >= 4 is 17.1 Å². The number of aromatic nitrogens is 3. The van der Waals surface area contributed by atoms with Gasteiger partial charge in [-0.1, -0.05) is 6.08 Å². The third-order valence-electron chi connectivity index (χ3n) is 2.76. The second-order valence-corrected chi connectivity index (χ2v) is 4.47. The van der Waals surface area contributed by atoms with Crippen LogP contribution < -0.4 is 0 Å². The summed E-state index contributed by atoms with van der Waals surface area (Å²) < 4.78 is 6.50. The van der Waals surface area contributed by atoms with Gasteiger partial charge in [-0.3, -0.25) is 0 Å². The number of pyridine rings is 1. The van der Waals surface area contributed by atoms with Crippen LogP contribution >= 0.6 is 0 Å². The predicted molar refractivity (Wildman–Crippen MR) is 68.0 cm³/mol. The summed E-state index contributed by atoms with van der Waals surface area (Å²) in [5, 5.41) is 0. The van der Waals surface area contributed by atoms with E-state index in [4.69, 9.17) is 0 Å². The third-order valence-corrected chi connectivity index (χ3v) is 2.76. The minimum Gasteiger partial charge on any atom is -0.466 e. The minimum absolute atomic E-state index is 0.375. The van der Waals surface area contributed by atoms with Crippen LogP contribution in [0.2, 0.25) is 0 Å². The summed E-state index contributed by atoms with van der Waals surface area (Å²) in [4.78, 5) is 19.7. The SMILES string of the molecule is COC(=O)C=CC(C)(C)n1cnc2cccnc21. The van der Waals surface area contributed by atoms with E-state index in [2.05, 4.69) is 14.7 Å². The van der Waals surface area contributed by atoms with E-state index in [1.54, 1.807) is 18.6 Å². The molecule has 2 aromatic heterocycles. The smallest absolute Gasteiger partial charge is 0.330 e. The number of hydrogen-bond donors (Lipinski definition) is 0. The summed E-state index contributed by atoms with van der Waals surface area (Å²) in [5.74, 6) is -0.375. The number of imidazole rings is 1. The molecule has 0 bridgehead atoms. The lowest BCUT2D eigenvalue weighted by atomic mass is 10.0. The molecule has 0 saturated heterocycles. The summed E-state index contributed by atoms with van der Waals surface area (Å²) >= 11 is 0. The van der Waals surface area contributed by atoms with Crippen molar-refractivity contribution < 1.29 is 9.53 Å². The van der Waals surface area contributed by atoms with Crippen LogP contribution in [0.25, 0.3) is 11.2 Å². The molecule has 0 radical (unpaired) electrons. The van der Waals surface area contributed by atoms with Gasteiger partial charge in [0.2, 0.25) is 0 Å². The fourth-order valence-corrected chi connectivity index (χ4v) is 1.69. The van der Waals surface area contributed by atoms with Gasteiger partial charge in [0.05, 0.1) is 19.0 Å².